The van der Waals surface area contributed by atoms with Crippen molar-refractivity contribution in [2.24, 2.45) is 24.6 Å². The Morgan fingerprint density at radius 2 is 2.33 bits per heavy atom. The molecule has 0 radical (unpaired) electrons. The molecule has 4 atom stereocenters. The van der Waals surface area contributed by atoms with Crippen LogP contribution in [0.25, 0.3) is 0 Å². The zero-order valence-corrected chi connectivity index (χ0v) is 11.3. The molecule has 1 saturated heterocycles. The molecule has 0 saturated carbocycles. The van der Waals surface area contributed by atoms with E-state index in [0.29, 0.717) is 12.0 Å². The summed E-state index contributed by atoms with van der Waals surface area (Å²) in [4.78, 5) is 16.0. The minimum absolute atomic E-state index is 0.0855. The first-order valence-electron chi connectivity index (χ1n) is 6.50. The molecule has 3 N–H and O–H groups in total. The molecule has 1 fully saturated rings. The fourth-order valence-electron chi connectivity index (χ4n) is 3.09. The lowest BCUT2D eigenvalue weighted by Gasteiger charge is -2.39. The zero-order valence-electron chi connectivity index (χ0n) is 11.3. The number of nitrogens with two attached hydrogens (primary N) is 1. The third-order valence-electron chi connectivity index (χ3n) is 3.92. The molecule has 0 spiro atoms. The van der Waals surface area contributed by atoms with Crippen LogP contribution in [0.15, 0.2) is 12.4 Å². The molecule has 2 rings (SSSR count). The number of aromatic nitrogens is 2. The number of carbonyl (C=O) groups excluding carboxylic acids is 1. The van der Waals surface area contributed by atoms with Gasteiger partial charge in [0.25, 0.3) is 0 Å². The molecule has 0 aliphatic carbocycles. The van der Waals surface area contributed by atoms with Gasteiger partial charge in [-0.25, -0.2) is 4.98 Å². The average molecular weight is 250 g/mol. The molecule has 1 aromatic heterocycles. The van der Waals surface area contributed by atoms with Crippen molar-refractivity contribution in [3.63, 3.8) is 0 Å². The van der Waals surface area contributed by atoms with Gasteiger partial charge in [0.1, 0.15) is 5.82 Å². The Morgan fingerprint density at radius 1 is 1.61 bits per heavy atom. The number of nitrogens with zero attached hydrogens (tertiary/aromatic N) is 2. The second-order valence-electron chi connectivity index (χ2n) is 5.47. The minimum Gasteiger partial charge on any atom is -0.369 e. The fourth-order valence-corrected chi connectivity index (χ4v) is 3.09. The maximum atomic E-state index is 11.7. The van der Waals surface area contributed by atoms with Crippen LogP contribution in [-0.2, 0) is 18.3 Å². The van der Waals surface area contributed by atoms with E-state index in [-0.39, 0.29) is 17.9 Å². The van der Waals surface area contributed by atoms with Crippen molar-refractivity contribution in [1.29, 1.82) is 0 Å². The van der Waals surface area contributed by atoms with Crippen LogP contribution in [0.4, 0.5) is 0 Å². The van der Waals surface area contributed by atoms with Gasteiger partial charge in [-0.3, -0.25) is 4.79 Å². The van der Waals surface area contributed by atoms with Crippen LogP contribution in [0.1, 0.15) is 26.1 Å². The Bertz CT molecular complexity index is 428. The highest BCUT2D eigenvalue weighted by Crippen LogP contribution is 2.27. The largest absolute Gasteiger partial charge is 0.369 e. The van der Waals surface area contributed by atoms with Gasteiger partial charge in [-0.1, -0.05) is 6.92 Å². The van der Waals surface area contributed by atoms with Crippen molar-refractivity contribution < 1.29 is 4.79 Å². The van der Waals surface area contributed by atoms with E-state index in [2.05, 4.69) is 24.1 Å². The molecule has 0 bridgehead atoms. The fraction of sp³-hybridized carbons (Fsp3) is 0.692. The Hall–Kier alpha value is -1.36. The highest BCUT2D eigenvalue weighted by molar-refractivity contribution is 5.78. The highest BCUT2D eigenvalue weighted by atomic mass is 16.1. The molecule has 1 aliphatic rings. The molecule has 5 nitrogen and oxygen atoms in total. The van der Waals surface area contributed by atoms with Crippen molar-refractivity contribution >= 4 is 5.91 Å². The quantitative estimate of drug-likeness (QED) is 0.818. The molecule has 5 heteroatoms. The average Bonchev–Trinajstić information content (AvgIpc) is 2.62. The van der Waals surface area contributed by atoms with Gasteiger partial charge in [0, 0.05) is 37.9 Å². The van der Waals surface area contributed by atoms with Crippen molar-refractivity contribution in [2.45, 2.75) is 38.8 Å². The molecular weight excluding hydrogens is 228 g/mol. The number of hydrogen-bond acceptors (Lipinski definition) is 3. The van der Waals surface area contributed by atoms with Crippen molar-refractivity contribution in [1.82, 2.24) is 14.9 Å². The van der Waals surface area contributed by atoms with E-state index in [0.717, 1.165) is 18.7 Å². The highest BCUT2D eigenvalue weighted by Gasteiger charge is 2.37. The summed E-state index contributed by atoms with van der Waals surface area (Å²) in [6.07, 6.45) is 5.44. The van der Waals surface area contributed by atoms with E-state index in [9.17, 15) is 4.79 Å². The third kappa shape index (κ3) is 2.56. The summed E-state index contributed by atoms with van der Waals surface area (Å²) in [5.74, 6) is 0.989. The van der Waals surface area contributed by atoms with Gasteiger partial charge in [-0.15, -0.1) is 0 Å². The molecule has 1 aliphatic heterocycles. The van der Waals surface area contributed by atoms with Gasteiger partial charge < -0.3 is 15.6 Å². The Labute approximate surface area is 108 Å². The van der Waals surface area contributed by atoms with Crippen molar-refractivity contribution in [2.75, 3.05) is 0 Å². The van der Waals surface area contributed by atoms with Crippen LogP contribution in [0.3, 0.4) is 0 Å². The predicted molar refractivity (Wildman–Crippen MR) is 69.8 cm³/mol. The maximum Gasteiger partial charge on any atom is 0.222 e. The van der Waals surface area contributed by atoms with E-state index in [1.54, 1.807) is 6.20 Å². The van der Waals surface area contributed by atoms with Crippen LogP contribution < -0.4 is 11.1 Å². The first-order valence-corrected chi connectivity index (χ1v) is 6.50. The van der Waals surface area contributed by atoms with Crippen molar-refractivity contribution in [3.05, 3.63) is 18.2 Å². The Kier molecular flexibility index (Phi) is 3.71. The summed E-state index contributed by atoms with van der Waals surface area (Å²) in [6, 6.07) is 0.503. The van der Waals surface area contributed by atoms with Gasteiger partial charge >= 0.3 is 0 Å². The number of primary amides is 1. The molecule has 4 unspecified atom stereocenters. The lowest BCUT2D eigenvalue weighted by molar-refractivity contribution is -0.125. The number of hydrogen-bond donors (Lipinski definition) is 2. The summed E-state index contributed by atoms with van der Waals surface area (Å²) in [7, 11) is 1.97. The Morgan fingerprint density at radius 3 is 2.89 bits per heavy atom. The number of rotatable bonds is 3. The van der Waals surface area contributed by atoms with Gasteiger partial charge in [0.2, 0.25) is 5.91 Å². The van der Waals surface area contributed by atoms with Crippen LogP contribution in [0.5, 0.6) is 0 Å². The van der Waals surface area contributed by atoms with E-state index in [4.69, 9.17) is 5.73 Å². The lowest BCUT2D eigenvalue weighted by atomic mass is 9.77. The molecule has 1 amide bonds. The summed E-state index contributed by atoms with van der Waals surface area (Å²) in [6.45, 7) is 4.26. The number of carbonyl (C=O) groups is 1. The number of amides is 1. The first-order chi connectivity index (χ1) is 8.49. The second kappa shape index (κ2) is 5.10. The second-order valence-corrected chi connectivity index (χ2v) is 5.47. The minimum atomic E-state index is -0.207. The zero-order chi connectivity index (χ0) is 13.3. The Balaban J connectivity index is 2.17. The van der Waals surface area contributed by atoms with E-state index < -0.39 is 0 Å². The molecule has 2 heterocycles. The third-order valence-corrected chi connectivity index (χ3v) is 3.92. The van der Waals surface area contributed by atoms with Crippen molar-refractivity contribution in [3.8, 4) is 0 Å². The van der Waals surface area contributed by atoms with Gasteiger partial charge in [0.05, 0.1) is 5.92 Å². The van der Waals surface area contributed by atoms with Crippen LogP contribution in [0.2, 0.25) is 0 Å². The lowest BCUT2D eigenvalue weighted by Crippen LogP contribution is -2.55. The maximum absolute atomic E-state index is 11.7. The predicted octanol–water partition coefficient (Wildman–Crippen LogP) is 0.451. The van der Waals surface area contributed by atoms with E-state index in [1.165, 1.54) is 0 Å². The summed E-state index contributed by atoms with van der Waals surface area (Å²) in [5, 5.41) is 3.49. The number of imidazole rings is 1. The molecule has 0 aromatic carbocycles. The normalized spacial score (nSPS) is 32.4. The SMILES string of the molecule is CC1CC(C)C(C(N)=O)C(Cc2nccn2C)N1. The molecule has 1 aromatic rings. The van der Waals surface area contributed by atoms with Gasteiger partial charge in [0.15, 0.2) is 0 Å². The smallest absolute Gasteiger partial charge is 0.222 e. The van der Waals surface area contributed by atoms with Gasteiger partial charge in [-0.05, 0) is 19.3 Å². The number of aryl methyl sites for hydroxylation is 1. The summed E-state index contributed by atoms with van der Waals surface area (Å²) in [5.41, 5.74) is 5.55. The first kappa shape index (κ1) is 13.1. The van der Waals surface area contributed by atoms with E-state index >= 15 is 0 Å². The molecule has 18 heavy (non-hydrogen) atoms. The number of piperidine rings is 1. The van der Waals surface area contributed by atoms with E-state index in [1.807, 2.05) is 17.8 Å². The topological polar surface area (TPSA) is 72.9 Å². The molecule has 100 valence electrons. The summed E-state index contributed by atoms with van der Waals surface area (Å²) >= 11 is 0. The monoisotopic (exact) mass is 250 g/mol. The molecular formula is C13H22N4O. The summed E-state index contributed by atoms with van der Waals surface area (Å²) < 4.78 is 1.99. The van der Waals surface area contributed by atoms with Crippen LogP contribution in [0, 0.1) is 11.8 Å². The van der Waals surface area contributed by atoms with Crippen LogP contribution >= 0.6 is 0 Å². The van der Waals surface area contributed by atoms with Crippen LogP contribution in [-0.4, -0.2) is 27.5 Å². The standard InChI is InChI=1S/C13H22N4O/c1-8-6-9(2)16-10(12(8)13(14)18)7-11-15-4-5-17(11)3/h4-5,8-10,12,16H,6-7H2,1-3H3,(H2,14,18). The number of nitrogens with one attached hydrogen (secondary N) is 1. The van der Waals surface area contributed by atoms with Gasteiger partial charge in [-0.2, -0.15) is 0 Å².